The molecular formula is C13H16INOS. The molecule has 1 N–H and O–H groups in total. The summed E-state index contributed by atoms with van der Waals surface area (Å²) in [5.74, 6) is 0.696. The standard InChI is InChI=1S/C13H16INOS/c14-11-7-3-4-8-12(11)15-13(16)9-17-10-5-1-2-6-10/h3-4,7-8,10H,1-2,5-6,9H2,(H,15,16). The van der Waals surface area contributed by atoms with E-state index in [0.717, 1.165) is 9.26 Å². The molecule has 0 unspecified atom stereocenters. The van der Waals surface area contributed by atoms with Gasteiger partial charge in [0.2, 0.25) is 5.91 Å². The van der Waals surface area contributed by atoms with Crippen molar-refractivity contribution in [2.45, 2.75) is 30.9 Å². The SMILES string of the molecule is O=C(CSC1CCCC1)Nc1ccccc1I. The second-order valence-corrected chi connectivity index (χ2v) is 6.70. The monoisotopic (exact) mass is 361 g/mol. The molecule has 0 radical (unpaired) electrons. The second-order valence-electron chi connectivity index (χ2n) is 4.25. The molecule has 92 valence electrons. The van der Waals surface area contributed by atoms with E-state index in [1.54, 1.807) is 11.8 Å². The number of nitrogens with one attached hydrogen (secondary N) is 1. The van der Waals surface area contributed by atoms with E-state index in [0.29, 0.717) is 11.0 Å². The number of anilines is 1. The smallest absolute Gasteiger partial charge is 0.234 e. The lowest BCUT2D eigenvalue weighted by molar-refractivity contribution is -0.113. The molecule has 1 fully saturated rings. The lowest BCUT2D eigenvalue weighted by atomic mass is 10.3. The van der Waals surface area contributed by atoms with Gasteiger partial charge in [-0.05, 0) is 47.6 Å². The van der Waals surface area contributed by atoms with Crippen molar-refractivity contribution in [3.8, 4) is 0 Å². The van der Waals surface area contributed by atoms with Gasteiger partial charge >= 0.3 is 0 Å². The highest BCUT2D eigenvalue weighted by atomic mass is 127. The molecule has 4 heteroatoms. The van der Waals surface area contributed by atoms with Gasteiger partial charge in [0.1, 0.15) is 0 Å². The number of carbonyl (C=O) groups excluding carboxylic acids is 1. The third kappa shape index (κ3) is 4.17. The summed E-state index contributed by atoms with van der Waals surface area (Å²) in [6.07, 6.45) is 5.22. The van der Waals surface area contributed by atoms with Crippen LogP contribution in [-0.2, 0) is 4.79 Å². The van der Waals surface area contributed by atoms with Gasteiger partial charge in [-0.3, -0.25) is 4.79 Å². The van der Waals surface area contributed by atoms with Crippen molar-refractivity contribution in [3.05, 3.63) is 27.8 Å². The summed E-state index contributed by atoms with van der Waals surface area (Å²) in [5, 5.41) is 3.67. The number of carbonyl (C=O) groups is 1. The van der Waals surface area contributed by atoms with Crippen LogP contribution in [0.5, 0.6) is 0 Å². The zero-order valence-corrected chi connectivity index (χ0v) is 12.6. The van der Waals surface area contributed by atoms with Gasteiger partial charge in [-0.2, -0.15) is 0 Å². The number of hydrogen-bond donors (Lipinski definition) is 1. The maximum absolute atomic E-state index is 11.8. The van der Waals surface area contributed by atoms with Crippen molar-refractivity contribution in [3.63, 3.8) is 0 Å². The predicted octanol–water partition coefficient (Wildman–Crippen LogP) is 3.91. The van der Waals surface area contributed by atoms with Crippen molar-refractivity contribution in [2.75, 3.05) is 11.1 Å². The topological polar surface area (TPSA) is 29.1 Å². The molecule has 0 aliphatic heterocycles. The number of rotatable bonds is 4. The number of benzene rings is 1. The first-order valence-electron chi connectivity index (χ1n) is 5.91. The van der Waals surface area contributed by atoms with E-state index in [1.807, 2.05) is 24.3 Å². The van der Waals surface area contributed by atoms with Crippen LogP contribution in [0.15, 0.2) is 24.3 Å². The van der Waals surface area contributed by atoms with E-state index < -0.39 is 0 Å². The average Bonchev–Trinajstić information content (AvgIpc) is 2.82. The van der Waals surface area contributed by atoms with Crippen LogP contribution in [0.4, 0.5) is 5.69 Å². The summed E-state index contributed by atoms with van der Waals surface area (Å²) >= 11 is 4.04. The van der Waals surface area contributed by atoms with Gasteiger partial charge in [0, 0.05) is 8.82 Å². The minimum Gasteiger partial charge on any atom is -0.324 e. The molecule has 0 aromatic heterocycles. The minimum atomic E-state index is 0.117. The molecule has 0 bridgehead atoms. The zero-order valence-electron chi connectivity index (χ0n) is 9.62. The Labute approximate surface area is 120 Å². The van der Waals surface area contributed by atoms with Crippen LogP contribution in [0.1, 0.15) is 25.7 Å². The molecular weight excluding hydrogens is 345 g/mol. The minimum absolute atomic E-state index is 0.117. The molecule has 17 heavy (non-hydrogen) atoms. The first-order valence-corrected chi connectivity index (χ1v) is 8.04. The largest absolute Gasteiger partial charge is 0.324 e. The van der Waals surface area contributed by atoms with Crippen molar-refractivity contribution in [2.24, 2.45) is 0 Å². The molecule has 1 aromatic carbocycles. The third-order valence-electron chi connectivity index (χ3n) is 2.90. The molecule has 1 saturated carbocycles. The van der Waals surface area contributed by atoms with Gasteiger partial charge in [-0.15, -0.1) is 11.8 Å². The van der Waals surface area contributed by atoms with Crippen LogP contribution < -0.4 is 5.32 Å². The van der Waals surface area contributed by atoms with Gasteiger partial charge in [0.15, 0.2) is 0 Å². The summed E-state index contributed by atoms with van der Waals surface area (Å²) < 4.78 is 1.09. The Balaban J connectivity index is 1.79. The summed E-state index contributed by atoms with van der Waals surface area (Å²) in [6, 6.07) is 7.87. The van der Waals surface area contributed by atoms with Crippen molar-refractivity contribution in [1.82, 2.24) is 0 Å². The highest BCUT2D eigenvalue weighted by molar-refractivity contribution is 14.1. The third-order valence-corrected chi connectivity index (χ3v) is 5.21. The number of hydrogen-bond acceptors (Lipinski definition) is 2. The van der Waals surface area contributed by atoms with Crippen LogP contribution in [0.3, 0.4) is 0 Å². The Bertz CT molecular complexity index is 391. The normalized spacial score (nSPS) is 16.1. The fraction of sp³-hybridized carbons (Fsp3) is 0.462. The molecule has 0 heterocycles. The molecule has 1 aliphatic rings. The molecule has 2 rings (SSSR count). The molecule has 1 aromatic rings. The summed E-state index contributed by atoms with van der Waals surface area (Å²) in [6.45, 7) is 0. The molecule has 1 aliphatic carbocycles. The summed E-state index contributed by atoms with van der Waals surface area (Å²) in [4.78, 5) is 11.8. The highest BCUT2D eigenvalue weighted by Crippen LogP contribution is 2.29. The quantitative estimate of drug-likeness (QED) is 0.824. The lowest BCUT2D eigenvalue weighted by Crippen LogP contribution is -2.16. The van der Waals surface area contributed by atoms with Crippen molar-refractivity contribution >= 4 is 45.9 Å². The molecule has 2 nitrogen and oxygen atoms in total. The molecule has 1 amide bonds. The zero-order chi connectivity index (χ0) is 12.1. The van der Waals surface area contributed by atoms with E-state index in [4.69, 9.17) is 0 Å². The van der Waals surface area contributed by atoms with Crippen molar-refractivity contribution in [1.29, 1.82) is 0 Å². The summed E-state index contributed by atoms with van der Waals surface area (Å²) in [5.41, 5.74) is 0.921. The highest BCUT2D eigenvalue weighted by Gasteiger charge is 2.16. The molecule has 0 saturated heterocycles. The van der Waals surface area contributed by atoms with Gasteiger partial charge < -0.3 is 5.32 Å². The Kier molecular flexibility index (Phi) is 5.16. The molecule has 0 atom stereocenters. The first-order chi connectivity index (χ1) is 8.25. The van der Waals surface area contributed by atoms with E-state index in [2.05, 4.69) is 27.9 Å². The molecule has 0 spiro atoms. The number of para-hydroxylation sites is 1. The van der Waals surface area contributed by atoms with E-state index in [9.17, 15) is 4.79 Å². The Morgan fingerprint density at radius 3 is 2.76 bits per heavy atom. The Morgan fingerprint density at radius 2 is 2.06 bits per heavy atom. The van der Waals surface area contributed by atoms with E-state index in [1.165, 1.54) is 25.7 Å². The van der Waals surface area contributed by atoms with Gasteiger partial charge in [-0.25, -0.2) is 0 Å². The van der Waals surface area contributed by atoms with Gasteiger partial charge in [0.25, 0.3) is 0 Å². The average molecular weight is 361 g/mol. The van der Waals surface area contributed by atoms with Gasteiger partial charge in [0.05, 0.1) is 11.4 Å². The van der Waals surface area contributed by atoms with Crippen LogP contribution >= 0.6 is 34.4 Å². The van der Waals surface area contributed by atoms with Crippen LogP contribution in [0.2, 0.25) is 0 Å². The predicted molar refractivity (Wildman–Crippen MR) is 82.5 cm³/mol. The van der Waals surface area contributed by atoms with Gasteiger partial charge in [-0.1, -0.05) is 25.0 Å². The Morgan fingerprint density at radius 1 is 1.35 bits per heavy atom. The fourth-order valence-corrected chi connectivity index (χ4v) is 3.65. The second kappa shape index (κ2) is 6.64. The maximum Gasteiger partial charge on any atom is 0.234 e. The number of thioether (sulfide) groups is 1. The van der Waals surface area contributed by atoms with Crippen LogP contribution in [0.25, 0.3) is 0 Å². The van der Waals surface area contributed by atoms with Crippen LogP contribution in [-0.4, -0.2) is 16.9 Å². The Hall–Kier alpha value is -0.230. The fourth-order valence-electron chi connectivity index (χ4n) is 2.00. The maximum atomic E-state index is 11.8. The number of amides is 1. The van der Waals surface area contributed by atoms with Crippen molar-refractivity contribution < 1.29 is 4.79 Å². The lowest BCUT2D eigenvalue weighted by Gasteiger charge is -2.10. The van der Waals surface area contributed by atoms with Crippen LogP contribution in [0, 0.1) is 3.57 Å². The van der Waals surface area contributed by atoms with E-state index >= 15 is 0 Å². The number of halogens is 1. The summed E-state index contributed by atoms with van der Waals surface area (Å²) in [7, 11) is 0. The first kappa shape index (κ1) is 13.2. The van der Waals surface area contributed by atoms with E-state index in [-0.39, 0.29) is 5.91 Å².